The summed E-state index contributed by atoms with van der Waals surface area (Å²) in [5, 5.41) is 0. The average Bonchev–Trinajstić information content (AvgIpc) is 2.77. The molecule has 3 heteroatoms. The minimum atomic E-state index is -0.135. The summed E-state index contributed by atoms with van der Waals surface area (Å²) in [5.41, 5.74) is 1.05. The first-order valence-corrected chi connectivity index (χ1v) is 7.48. The van der Waals surface area contributed by atoms with Gasteiger partial charge in [-0.1, -0.05) is 37.8 Å². The molecule has 0 saturated heterocycles. The van der Waals surface area contributed by atoms with Gasteiger partial charge < -0.3 is 9.47 Å². The molecule has 0 amide bonds. The molecule has 3 nitrogen and oxygen atoms in total. The van der Waals surface area contributed by atoms with Gasteiger partial charge in [0.15, 0.2) is 0 Å². The fourth-order valence-electron chi connectivity index (χ4n) is 3.18. The van der Waals surface area contributed by atoms with Gasteiger partial charge in [-0.2, -0.15) is 0 Å². The zero-order valence-corrected chi connectivity index (χ0v) is 12.4. The largest absolute Gasteiger partial charge is 0.497 e. The Morgan fingerprint density at radius 3 is 2.15 bits per heavy atom. The summed E-state index contributed by atoms with van der Waals surface area (Å²) in [6.07, 6.45) is 7.24. The van der Waals surface area contributed by atoms with Crippen LogP contribution in [0.2, 0.25) is 0 Å². The normalized spacial score (nSPS) is 18.1. The van der Waals surface area contributed by atoms with Crippen LogP contribution in [-0.4, -0.2) is 20.2 Å². The minimum absolute atomic E-state index is 0.109. The highest BCUT2D eigenvalue weighted by Crippen LogP contribution is 2.36. The van der Waals surface area contributed by atoms with E-state index in [0.717, 1.165) is 24.2 Å². The maximum Gasteiger partial charge on any atom is 0.313 e. The summed E-state index contributed by atoms with van der Waals surface area (Å²) in [5.74, 6) is 0.975. The third-order valence-corrected chi connectivity index (χ3v) is 4.30. The molecule has 1 fully saturated rings. The highest BCUT2D eigenvalue weighted by Gasteiger charge is 2.31. The van der Waals surface area contributed by atoms with Gasteiger partial charge >= 0.3 is 5.97 Å². The Morgan fingerprint density at radius 1 is 1.05 bits per heavy atom. The molecule has 0 heterocycles. The lowest BCUT2D eigenvalue weighted by molar-refractivity contribution is -0.144. The predicted molar refractivity (Wildman–Crippen MR) is 78.9 cm³/mol. The van der Waals surface area contributed by atoms with Gasteiger partial charge in [-0.3, -0.25) is 4.79 Å². The molecular weight excluding hydrogens is 252 g/mol. The standard InChI is InChI=1S/C17H24O3/c1-19-15-11-9-14(10-12-15)16(17(18)20-2)13-7-5-3-4-6-8-13/h9-13,16H,3-8H2,1-2H3. The lowest BCUT2D eigenvalue weighted by atomic mass is 9.81. The second-order valence-corrected chi connectivity index (χ2v) is 5.53. The first kappa shape index (κ1) is 14.9. The van der Waals surface area contributed by atoms with Crippen molar-refractivity contribution in [2.24, 2.45) is 5.92 Å². The summed E-state index contributed by atoms with van der Waals surface area (Å²) in [4.78, 5) is 12.2. The number of methoxy groups -OCH3 is 2. The van der Waals surface area contributed by atoms with Crippen molar-refractivity contribution in [1.29, 1.82) is 0 Å². The molecule has 1 aromatic carbocycles. The van der Waals surface area contributed by atoms with Crippen molar-refractivity contribution in [1.82, 2.24) is 0 Å². The third kappa shape index (κ3) is 3.53. The Bertz CT molecular complexity index is 416. The number of rotatable bonds is 4. The monoisotopic (exact) mass is 276 g/mol. The van der Waals surface area contributed by atoms with Crippen molar-refractivity contribution >= 4 is 5.97 Å². The lowest BCUT2D eigenvalue weighted by Gasteiger charge is -2.24. The van der Waals surface area contributed by atoms with Crippen molar-refractivity contribution in [3.63, 3.8) is 0 Å². The quantitative estimate of drug-likeness (QED) is 0.617. The Labute approximate surface area is 121 Å². The number of hydrogen-bond acceptors (Lipinski definition) is 3. The smallest absolute Gasteiger partial charge is 0.313 e. The van der Waals surface area contributed by atoms with E-state index in [-0.39, 0.29) is 11.9 Å². The van der Waals surface area contributed by atoms with E-state index in [1.54, 1.807) is 7.11 Å². The van der Waals surface area contributed by atoms with Crippen LogP contribution in [-0.2, 0) is 9.53 Å². The fraction of sp³-hybridized carbons (Fsp3) is 0.588. The van der Waals surface area contributed by atoms with Crippen LogP contribution in [0, 0.1) is 5.92 Å². The zero-order valence-electron chi connectivity index (χ0n) is 12.4. The van der Waals surface area contributed by atoms with Crippen LogP contribution in [0.1, 0.15) is 50.0 Å². The van der Waals surface area contributed by atoms with Crippen molar-refractivity contribution in [2.45, 2.75) is 44.4 Å². The summed E-state index contributed by atoms with van der Waals surface area (Å²) in [6, 6.07) is 7.82. The van der Waals surface area contributed by atoms with Crippen LogP contribution in [0.4, 0.5) is 0 Å². The van der Waals surface area contributed by atoms with Crippen molar-refractivity contribution < 1.29 is 14.3 Å². The molecule has 1 unspecified atom stereocenters. The lowest BCUT2D eigenvalue weighted by Crippen LogP contribution is -2.23. The Balaban J connectivity index is 2.23. The van der Waals surface area contributed by atoms with Crippen LogP contribution < -0.4 is 4.74 Å². The molecule has 2 rings (SSSR count). The van der Waals surface area contributed by atoms with Crippen molar-refractivity contribution in [2.75, 3.05) is 14.2 Å². The van der Waals surface area contributed by atoms with Crippen molar-refractivity contribution in [3.8, 4) is 5.75 Å². The summed E-state index contributed by atoms with van der Waals surface area (Å²) in [6.45, 7) is 0. The molecule has 0 radical (unpaired) electrons. The molecule has 1 saturated carbocycles. The van der Waals surface area contributed by atoms with E-state index in [1.165, 1.54) is 32.8 Å². The highest BCUT2D eigenvalue weighted by atomic mass is 16.5. The molecule has 1 aliphatic carbocycles. The van der Waals surface area contributed by atoms with E-state index in [4.69, 9.17) is 9.47 Å². The SMILES string of the molecule is COC(=O)C(c1ccc(OC)cc1)C1CCCCCC1. The van der Waals surface area contributed by atoms with E-state index >= 15 is 0 Å². The molecular formula is C17H24O3. The molecule has 1 atom stereocenters. The molecule has 1 aliphatic rings. The van der Waals surface area contributed by atoms with E-state index in [1.807, 2.05) is 24.3 Å². The van der Waals surface area contributed by atoms with Gasteiger partial charge in [0.2, 0.25) is 0 Å². The van der Waals surface area contributed by atoms with E-state index in [9.17, 15) is 4.79 Å². The molecule has 0 N–H and O–H groups in total. The topological polar surface area (TPSA) is 35.5 Å². The highest BCUT2D eigenvalue weighted by molar-refractivity contribution is 5.78. The first-order chi connectivity index (χ1) is 9.76. The average molecular weight is 276 g/mol. The number of hydrogen-bond donors (Lipinski definition) is 0. The minimum Gasteiger partial charge on any atom is -0.497 e. The number of esters is 1. The fourth-order valence-corrected chi connectivity index (χ4v) is 3.18. The van der Waals surface area contributed by atoms with Gasteiger partial charge in [0.25, 0.3) is 0 Å². The van der Waals surface area contributed by atoms with Crippen LogP contribution in [0.5, 0.6) is 5.75 Å². The number of carbonyl (C=O) groups excluding carboxylic acids is 1. The van der Waals surface area contributed by atoms with Crippen LogP contribution in [0.3, 0.4) is 0 Å². The Hall–Kier alpha value is -1.51. The Kier molecular flexibility index (Phi) is 5.45. The van der Waals surface area contributed by atoms with Crippen LogP contribution in [0.25, 0.3) is 0 Å². The number of carbonyl (C=O) groups is 1. The van der Waals surface area contributed by atoms with E-state index < -0.39 is 0 Å². The van der Waals surface area contributed by atoms with Gasteiger partial charge in [0.1, 0.15) is 5.75 Å². The van der Waals surface area contributed by atoms with Gasteiger partial charge in [-0.15, -0.1) is 0 Å². The van der Waals surface area contributed by atoms with Crippen LogP contribution >= 0.6 is 0 Å². The molecule has 0 spiro atoms. The molecule has 1 aromatic rings. The molecule has 0 aromatic heterocycles. The molecule has 0 aliphatic heterocycles. The second-order valence-electron chi connectivity index (χ2n) is 5.53. The zero-order chi connectivity index (χ0) is 14.4. The third-order valence-electron chi connectivity index (χ3n) is 4.30. The van der Waals surface area contributed by atoms with Crippen LogP contribution in [0.15, 0.2) is 24.3 Å². The molecule has 110 valence electrons. The van der Waals surface area contributed by atoms with E-state index in [2.05, 4.69) is 0 Å². The molecule has 0 bridgehead atoms. The summed E-state index contributed by atoms with van der Waals surface area (Å²) in [7, 11) is 3.13. The van der Waals surface area contributed by atoms with Crippen molar-refractivity contribution in [3.05, 3.63) is 29.8 Å². The first-order valence-electron chi connectivity index (χ1n) is 7.48. The van der Waals surface area contributed by atoms with Gasteiger partial charge in [0.05, 0.1) is 20.1 Å². The Morgan fingerprint density at radius 2 is 1.65 bits per heavy atom. The summed E-state index contributed by atoms with van der Waals surface area (Å²) >= 11 is 0. The van der Waals surface area contributed by atoms with Gasteiger partial charge in [0, 0.05) is 0 Å². The second kappa shape index (κ2) is 7.32. The van der Waals surface area contributed by atoms with Gasteiger partial charge in [-0.25, -0.2) is 0 Å². The maximum absolute atomic E-state index is 12.2. The number of ether oxygens (including phenoxy) is 2. The predicted octanol–water partition coefficient (Wildman–Crippen LogP) is 3.92. The molecule has 20 heavy (non-hydrogen) atoms. The summed E-state index contributed by atoms with van der Waals surface area (Å²) < 4.78 is 10.2. The van der Waals surface area contributed by atoms with Gasteiger partial charge in [-0.05, 0) is 36.5 Å². The number of benzene rings is 1. The maximum atomic E-state index is 12.2. The van der Waals surface area contributed by atoms with E-state index in [0.29, 0.717) is 5.92 Å².